The minimum Gasteiger partial charge on any atom is -0.376 e. The number of amides is 1. The van der Waals surface area contributed by atoms with Gasteiger partial charge in [-0.3, -0.25) is 4.79 Å². The molecule has 0 aromatic rings. The molecule has 0 heterocycles. The average Bonchev–Trinajstić information content (AvgIpc) is 2.24. The smallest absolute Gasteiger partial charge is 0.223 e. The van der Waals surface area contributed by atoms with Crippen LogP contribution in [0.25, 0.3) is 0 Å². The van der Waals surface area contributed by atoms with Gasteiger partial charge in [-0.15, -0.1) is 0 Å². The molecule has 0 aromatic carbocycles. The van der Waals surface area contributed by atoms with Crippen molar-refractivity contribution in [3.8, 4) is 0 Å². The molecule has 1 atom stereocenters. The lowest BCUT2D eigenvalue weighted by atomic mass is 9.69. The first kappa shape index (κ1) is 20.4. The predicted molar refractivity (Wildman–Crippen MR) is 90.3 cm³/mol. The van der Waals surface area contributed by atoms with Crippen molar-refractivity contribution in [2.75, 3.05) is 13.2 Å². The van der Waals surface area contributed by atoms with Gasteiger partial charge in [0.25, 0.3) is 0 Å². The molecule has 0 aromatic heterocycles. The second kappa shape index (κ2) is 7.62. The molecule has 3 heteroatoms. The third-order valence-corrected chi connectivity index (χ3v) is 4.11. The molecule has 1 unspecified atom stereocenters. The van der Waals surface area contributed by atoms with Gasteiger partial charge in [0.1, 0.15) is 0 Å². The molecular formula is C18H37NO2. The Bertz CT molecular complexity index is 327. The van der Waals surface area contributed by atoms with Crippen LogP contribution < -0.4 is 5.32 Å². The van der Waals surface area contributed by atoms with Gasteiger partial charge in [0.15, 0.2) is 0 Å². The maximum absolute atomic E-state index is 12.4. The summed E-state index contributed by atoms with van der Waals surface area (Å²) in [4.78, 5) is 12.4. The SMILES string of the molecule is CCOC(C)(C)CCNC(=O)C(C)C(C)(C)CC(C)(C)C. The first-order valence-corrected chi connectivity index (χ1v) is 8.22. The molecule has 0 aliphatic carbocycles. The highest BCUT2D eigenvalue weighted by molar-refractivity contribution is 5.79. The summed E-state index contributed by atoms with van der Waals surface area (Å²) in [5.41, 5.74) is 0.0545. The first-order valence-electron chi connectivity index (χ1n) is 8.22. The zero-order chi connectivity index (χ0) is 16.9. The van der Waals surface area contributed by atoms with E-state index in [1.807, 2.05) is 13.8 Å². The summed E-state index contributed by atoms with van der Waals surface area (Å²) in [5.74, 6) is 0.156. The van der Waals surface area contributed by atoms with Crippen molar-refractivity contribution >= 4 is 5.91 Å². The number of hydrogen-bond donors (Lipinski definition) is 1. The molecule has 126 valence electrons. The molecular weight excluding hydrogens is 262 g/mol. The zero-order valence-corrected chi connectivity index (χ0v) is 15.7. The van der Waals surface area contributed by atoms with E-state index in [1.54, 1.807) is 0 Å². The van der Waals surface area contributed by atoms with Crippen LogP contribution >= 0.6 is 0 Å². The highest BCUT2D eigenvalue weighted by Crippen LogP contribution is 2.38. The average molecular weight is 299 g/mol. The molecule has 0 radical (unpaired) electrons. The van der Waals surface area contributed by atoms with Crippen LogP contribution in [0.15, 0.2) is 0 Å². The molecule has 0 rings (SSSR count). The molecule has 0 aliphatic rings. The highest BCUT2D eigenvalue weighted by atomic mass is 16.5. The van der Waals surface area contributed by atoms with E-state index in [4.69, 9.17) is 4.74 Å². The van der Waals surface area contributed by atoms with Crippen LogP contribution in [-0.4, -0.2) is 24.7 Å². The van der Waals surface area contributed by atoms with E-state index >= 15 is 0 Å². The zero-order valence-electron chi connectivity index (χ0n) is 15.7. The summed E-state index contributed by atoms with van der Waals surface area (Å²) in [7, 11) is 0. The number of ether oxygens (including phenoxy) is 1. The van der Waals surface area contributed by atoms with Crippen LogP contribution in [0.5, 0.6) is 0 Å². The number of nitrogens with one attached hydrogen (secondary N) is 1. The molecule has 0 fully saturated rings. The molecule has 3 nitrogen and oxygen atoms in total. The fourth-order valence-corrected chi connectivity index (χ4v) is 2.98. The summed E-state index contributed by atoms with van der Waals surface area (Å²) < 4.78 is 5.65. The van der Waals surface area contributed by atoms with Crippen LogP contribution in [0.4, 0.5) is 0 Å². The molecule has 0 aliphatic heterocycles. The van der Waals surface area contributed by atoms with E-state index < -0.39 is 0 Å². The number of carbonyl (C=O) groups is 1. The van der Waals surface area contributed by atoms with E-state index in [1.165, 1.54) is 0 Å². The van der Waals surface area contributed by atoms with Crippen molar-refractivity contribution in [2.45, 2.75) is 80.8 Å². The van der Waals surface area contributed by atoms with Crippen molar-refractivity contribution in [3.05, 3.63) is 0 Å². The largest absolute Gasteiger partial charge is 0.376 e. The molecule has 0 bridgehead atoms. The Balaban J connectivity index is 4.40. The maximum Gasteiger partial charge on any atom is 0.223 e. The number of hydrogen-bond acceptors (Lipinski definition) is 2. The highest BCUT2D eigenvalue weighted by Gasteiger charge is 2.34. The predicted octanol–water partition coefficient (Wildman–Crippen LogP) is 4.41. The van der Waals surface area contributed by atoms with Crippen LogP contribution in [-0.2, 0) is 9.53 Å². The lowest BCUT2D eigenvalue weighted by Crippen LogP contribution is -2.41. The molecule has 1 amide bonds. The molecule has 21 heavy (non-hydrogen) atoms. The lowest BCUT2D eigenvalue weighted by Gasteiger charge is -2.36. The summed E-state index contributed by atoms with van der Waals surface area (Å²) in [5, 5.41) is 3.07. The van der Waals surface area contributed by atoms with Gasteiger partial charge in [0.05, 0.1) is 5.60 Å². The van der Waals surface area contributed by atoms with E-state index in [9.17, 15) is 4.79 Å². The minimum atomic E-state index is -0.174. The van der Waals surface area contributed by atoms with Crippen molar-refractivity contribution in [2.24, 2.45) is 16.7 Å². The maximum atomic E-state index is 12.4. The molecule has 0 saturated carbocycles. The fraction of sp³-hybridized carbons (Fsp3) is 0.944. The van der Waals surface area contributed by atoms with Gasteiger partial charge in [0.2, 0.25) is 5.91 Å². The van der Waals surface area contributed by atoms with Crippen LogP contribution in [0.1, 0.15) is 75.2 Å². The fourth-order valence-electron chi connectivity index (χ4n) is 2.98. The summed E-state index contributed by atoms with van der Waals surface area (Å²) >= 11 is 0. The topological polar surface area (TPSA) is 38.3 Å². The Hall–Kier alpha value is -0.570. The Morgan fingerprint density at radius 2 is 1.62 bits per heavy atom. The lowest BCUT2D eigenvalue weighted by molar-refractivity contribution is -0.128. The summed E-state index contributed by atoms with van der Waals surface area (Å²) in [6.07, 6.45) is 1.86. The Morgan fingerprint density at radius 3 is 2.05 bits per heavy atom. The van der Waals surface area contributed by atoms with Crippen LogP contribution in [0, 0.1) is 16.7 Å². The van der Waals surface area contributed by atoms with Gasteiger partial charge in [-0.1, -0.05) is 41.5 Å². The summed E-state index contributed by atoms with van der Waals surface area (Å²) in [6, 6.07) is 0. The van der Waals surface area contributed by atoms with E-state index in [2.05, 4.69) is 53.8 Å². The van der Waals surface area contributed by atoms with Gasteiger partial charge >= 0.3 is 0 Å². The van der Waals surface area contributed by atoms with Gasteiger partial charge in [-0.05, 0) is 44.4 Å². The van der Waals surface area contributed by atoms with Gasteiger partial charge in [-0.25, -0.2) is 0 Å². The third kappa shape index (κ3) is 8.45. The quantitative estimate of drug-likeness (QED) is 0.721. The monoisotopic (exact) mass is 299 g/mol. The third-order valence-electron chi connectivity index (χ3n) is 4.11. The van der Waals surface area contributed by atoms with Crippen molar-refractivity contribution in [3.63, 3.8) is 0 Å². The Kier molecular flexibility index (Phi) is 7.41. The number of carbonyl (C=O) groups excluding carboxylic acids is 1. The first-order chi connectivity index (χ1) is 9.31. The molecule has 0 spiro atoms. The van der Waals surface area contributed by atoms with Gasteiger partial charge in [0, 0.05) is 19.1 Å². The van der Waals surface area contributed by atoms with Crippen molar-refractivity contribution in [1.82, 2.24) is 5.32 Å². The standard InChI is InChI=1S/C18H37NO2/c1-10-21-18(8,9)11-12-19-15(20)14(2)17(6,7)13-16(3,4)5/h14H,10-13H2,1-9H3,(H,19,20). The molecule has 0 saturated heterocycles. The van der Waals surface area contributed by atoms with Crippen LogP contribution in [0.2, 0.25) is 0 Å². The number of rotatable bonds is 8. The van der Waals surface area contributed by atoms with Gasteiger partial charge in [-0.2, -0.15) is 0 Å². The van der Waals surface area contributed by atoms with Crippen LogP contribution in [0.3, 0.4) is 0 Å². The van der Waals surface area contributed by atoms with Crippen molar-refractivity contribution in [1.29, 1.82) is 0 Å². The second-order valence-corrected chi connectivity index (χ2v) is 8.68. The Morgan fingerprint density at radius 1 is 1.10 bits per heavy atom. The summed E-state index contributed by atoms with van der Waals surface area (Å²) in [6.45, 7) is 20.6. The van der Waals surface area contributed by atoms with Crippen molar-refractivity contribution < 1.29 is 9.53 Å². The molecule has 1 N–H and O–H groups in total. The van der Waals surface area contributed by atoms with E-state index in [0.29, 0.717) is 13.2 Å². The minimum absolute atomic E-state index is 0.00221. The Labute approximate surface area is 132 Å². The second-order valence-electron chi connectivity index (χ2n) is 8.68. The van der Waals surface area contributed by atoms with E-state index in [-0.39, 0.29) is 28.3 Å². The van der Waals surface area contributed by atoms with Gasteiger partial charge < -0.3 is 10.1 Å². The normalized spacial score (nSPS) is 14.9. The van der Waals surface area contributed by atoms with E-state index in [0.717, 1.165) is 12.8 Å².